The molecule has 2 aliphatic heterocycles. The van der Waals surface area contributed by atoms with Crippen molar-refractivity contribution in [2.75, 3.05) is 26.7 Å². The number of amides is 1. The first kappa shape index (κ1) is 20.0. The van der Waals surface area contributed by atoms with Crippen molar-refractivity contribution in [3.63, 3.8) is 0 Å². The van der Waals surface area contributed by atoms with Crippen LogP contribution in [0.2, 0.25) is 0 Å². The number of aromatic nitrogens is 1. The van der Waals surface area contributed by atoms with E-state index in [1.165, 1.54) is 12.1 Å². The van der Waals surface area contributed by atoms with Gasteiger partial charge in [0.25, 0.3) is 5.91 Å². The highest BCUT2D eigenvalue weighted by atomic mass is 32.1. The predicted octanol–water partition coefficient (Wildman–Crippen LogP) is 1.61. The van der Waals surface area contributed by atoms with Gasteiger partial charge in [0.2, 0.25) is 0 Å². The molecule has 0 saturated carbocycles. The summed E-state index contributed by atoms with van der Waals surface area (Å²) in [6.45, 7) is 1.91. The number of methoxy groups -OCH3 is 1. The molecular formula is C21H21N5O3S. The number of pyridine rings is 1. The molecule has 1 aromatic heterocycles. The molecule has 8 nitrogen and oxygen atoms in total. The Morgan fingerprint density at radius 3 is 2.57 bits per heavy atom. The lowest BCUT2D eigenvalue weighted by atomic mass is 9.89. The monoisotopic (exact) mass is 423 g/mol. The van der Waals surface area contributed by atoms with Gasteiger partial charge in [0, 0.05) is 37.6 Å². The Labute approximate surface area is 179 Å². The molecule has 0 aliphatic carbocycles. The summed E-state index contributed by atoms with van der Waals surface area (Å²) in [6.07, 6.45) is 3.11. The molecule has 9 heteroatoms. The van der Waals surface area contributed by atoms with Gasteiger partial charge in [-0.2, -0.15) is 5.10 Å². The van der Waals surface area contributed by atoms with Gasteiger partial charge in [0.1, 0.15) is 0 Å². The molecule has 1 aromatic carbocycles. The second-order valence-electron chi connectivity index (χ2n) is 7.00. The molecule has 154 valence electrons. The fourth-order valence-corrected chi connectivity index (χ4v) is 4.07. The Balaban J connectivity index is 1.77. The molecule has 0 spiro atoms. The van der Waals surface area contributed by atoms with Crippen molar-refractivity contribution in [2.24, 2.45) is 11.0 Å². The molecule has 2 aliphatic rings. The predicted molar refractivity (Wildman–Crippen MR) is 115 cm³/mol. The SMILES string of the molecule is COC(=O)C1=NN(C(=O)c2ccncc2)[C@@H](c2ccccc2)[C@H]1CN1CCNC1=S. The van der Waals surface area contributed by atoms with Crippen LogP contribution in [0.25, 0.3) is 0 Å². The summed E-state index contributed by atoms with van der Waals surface area (Å²) in [4.78, 5) is 31.9. The van der Waals surface area contributed by atoms with Gasteiger partial charge in [-0.05, 0) is 29.9 Å². The molecule has 1 N–H and O–H groups in total. The molecule has 30 heavy (non-hydrogen) atoms. The average Bonchev–Trinajstić information content (AvgIpc) is 3.37. The topological polar surface area (TPSA) is 87.1 Å². The number of nitrogens with zero attached hydrogens (tertiary/aromatic N) is 4. The number of ether oxygens (including phenoxy) is 1. The Morgan fingerprint density at radius 2 is 1.93 bits per heavy atom. The standard InChI is InChI=1S/C21H21N5O3S/c1-29-20(28)17-16(13-25-12-11-23-21(25)30)18(14-5-3-2-4-6-14)26(24-17)19(27)15-7-9-22-10-8-15/h2-10,16,18H,11-13H2,1H3,(H,23,30)/t16-,18-/m0/s1. The van der Waals surface area contributed by atoms with Crippen molar-refractivity contribution in [1.29, 1.82) is 0 Å². The minimum atomic E-state index is -0.552. The summed E-state index contributed by atoms with van der Waals surface area (Å²) in [5, 5.41) is 9.60. The summed E-state index contributed by atoms with van der Waals surface area (Å²) in [5.74, 6) is -1.26. The van der Waals surface area contributed by atoms with Crippen LogP contribution in [0.4, 0.5) is 0 Å². The Kier molecular flexibility index (Phi) is 5.71. The second kappa shape index (κ2) is 8.58. The van der Waals surface area contributed by atoms with Gasteiger partial charge >= 0.3 is 5.97 Å². The lowest BCUT2D eigenvalue weighted by Gasteiger charge is -2.30. The van der Waals surface area contributed by atoms with Gasteiger partial charge in [-0.25, -0.2) is 9.80 Å². The zero-order valence-corrected chi connectivity index (χ0v) is 17.2. The third-order valence-electron chi connectivity index (χ3n) is 5.24. The van der Waals surface area contributed by atoms with Crippen molar-refractivity contribution in [3.8, 4) is 0 Å². The highest BCUT2D eigenvalue weighted by Gasteiger charge is 2.46. The van der Waals surface area contributed by atoms with E-state index in [9.17, 15) is 9.59 Å². The van der Waals surface area contributed by atoms with E-state index in [1.807, 2.05) is 35.2 Å². The van der Waals surface area contributed by atoms with Crippen LogP contribution in [-0.4, -0.2) is 64.3 Å². The van der Waals surface area contributed by atoms with Crippen molar-refractivity contribution < 1.29 is 14.3 Å². The number of hydrogen-bond acceptors (Lipinski definition) is 6. The number of hydrogen-bond donors (Lipinski definition) is 1. The van der Waals surface area contributed by atoms with E-state index in [2.05, 4.69) is 15.4 Å². The molecule has 0 radical (unpaired) electrons. The number of hydrazone groups is 1. The summed E-state index contributed by atoms with van der Waals surface area (Å²) < 4.78 is 4.99. The van der Waals surface area contributed by atoms with E-state index in [4.69, 9.17) is 17.0 Å². The maximum atomic E-state index is 13.3. The highest BCUT2D eigenvalue weighted by molar-refractivity contribution is 7.80. The van der Waals surface area contributed by atoms with Crippen molar-refractivity contribution in [2.45, 2.75) is 6.04 Å². The minimum Gasteiger partial charge on any atom is -0.464 e. The average molecular weight is 423 g/mol. The van der Waals surface area contributed by atoms with Gasteiger partial charge < -0.3 is 15.0 Å². The number of rotatable bonds is 5. The number of carbonyl (C=O) groups excluding carboxylic acids is 2. The van der Waals surface area contributed by atoms with Crippen LogP contribution in [-0.2, 0) is 9.53 Å². The van der Waals surface area contributed by atoms with Gasteiger partial charge in [-0.3, -0.25) is 9.78 Å². The van der Waals surface area contributed by atoms with Crippen LogP contribution < -0.4 is 5.32 Å². The highest BCUT2D eigenvalue weighted by Crippen LogP contribution is 2.38. The summed E-state index contributed by atoms with van der Waals surface area (Å²) in [7, 11) is 1.31. The van der Waals surface area contributed by atoms with Crippen LogP contribution in [0.1, 0.15) is 22.0 Å². The zero-order valence-electron chi connectivity index (χ0n) is 16.4. The van der Waals surface area contributed by atoms with E-state index in [-0.39, 0.29) is 11.6 Å². The van der Waals surface area contributed by atoms with E-state index >= 15 is 0 Å². The Morgan fingerprint density at radius 1 is 1.20 bits per heavy atom. The largest absolute Gasteiger partial charge is 0.464 e. The summed E-state index contributed by atoms with van der Waals surface area (Å²) in [6, 6.07) is 12.4. The third kappa shape index (κ3) is 3.76. The molecule has 2 aromatic rings. The fourth-order valence-electron chi connectivity index (χ4n) is 3.80. The first-order valence-corrected chi connectivity index (χ1v) is 9.99. The molecule has 3 heterocycles. The quantitative estimate of drug-likeness (QED) is 0.578. The molecule has 0 bridgehead atoms. The fraction of sp³-hybridized carbons (Fsp3) is 0.286. The van der Waals surface area contributed by atoms with Crippen LogP contribution in [0.3, 0.4) is 0 Å². The number of carbonyl (C=O) groups is 2. The number of nitrogens with one attached hydrogen (secondary N) is 1. The van der Waals surface area contributed by atoms with Crippen molar-refractivity contribution >= 4 is 34.9 Å². The second-order valence-corrected chi connectivity index (χ2v) is 7.39. The molecular weight excluding hydrogens is 402 g/mol. The molecule has 4 rings (SSSR count). The summed E-state index contributed by atoms with van der Waals surface area (Å²) >= 11 is 5.39. The zero-order chi connectivity index (χ0) is 21.1. The normalized spacial score (nSPS) is 20.7. The maximum absolute atomic E-state index is 13.3. The molecule has 2 atom stereocenters. The van der Waals surface area contributed by atoms with Crippen LogP contribution in [0.5, 0.6) is 0 Å². The molecule has 1 saturated heterocycles. The van der Waals surface area contributed by atoms with E-state index in [1.54, 1.807) is 24.5 Å². The number of benzene rings is 1. The van der Waals surface area contributed by atoms with Crippen molar-refractivity contribution in [1.82, 2.24) is 20.2 Å². The van der Waals surface area contributed by atoms with E-state index in [0.29, 0.717) is 17.2 Å². The van der Waals surface area contributed by atoms with Gasteiger partial charge in [0.05, 0.1) is 19.1 Å². The van der Waals surface area contributed by atoms with Crippen molar-refractivity contribution in [3.05, 3.63) is 66.0 Å². The molecule has 1 fully saturated rings. The van der Waals surface area contributed by atoms with Gasteiger partial charge in [-0.15, -0.1) is 0 Å². The van der Waals surface area contributed by atoms with Gasteiger partial charge in [0.15, 0.2) is 10.8 Å². The molecule has 1 amide bonds. The van der Waals surface area contributed by atoms with Crippen LogP contribution >= 0.6 is 12.2 Å². The smallest absolute Gasteiger partial charge is 0.354 e. The lowest BCUT2D eigenvalue weighted by Crippen LogP contribution is -2.40. The first-order valence-electron chi connectivity index (χ1n) is 9.58. The van der Waals surface area contributed by atoms with E-state index < -0.39 is 17.9 Å². The lowest BCUT2D eigenvalue weighted by molar-refractivity contribution is -0.133. The first-order chi connectivity index (χ1) is 14.6. The third-order valence-corrected chi connectivity index (χ3v) is 5.65. The summed E-state index contributed by atoms with van der Waals surface area (Å²) in [5.41, 5.74) is 1.53. The van der Waals surface area contributed by atoms with Crippen LogP contribution in [0.15, 0.2) is 60.0 Å². The van der Waals surface area contributed by atoms with E-state index in [0.717, 1.165) is 18.7 Å². The minimum absolute atomic E-state index is 0.212. The Hall–Kier alpha value is -3.33. The van der Waals surface area contributed by atoms with Crippen LogP contribution in [0, 0.1) is 5.92 Å². The molecule has 0 unspecified atom stereocenters. The maximum Gasteiger partial charge on any atom is 0.354 e. The number of thiocarbonyl (C=S) groups is 1. The van der Waals surface area contributed by atoms with Gasteiger partial charge in [-0.1, -0.05) is 30.3 Å². The number of esters is 1. The Bertz CT molecular complexity index is 983.